The summed E-state index contributed by atoms with van der Waals surface area (Å²) in [6, 6.07) is 18.8. The fourth-order valence-corrected chi connectivity index (χ4v) is 3.42. The molecule has 0 saturated carbocycles. The number of amides is 2. The van der Waals surface area contributed by atoms with Crippen LogP contribution in [0.4, 0.5) is 0 Å². The Morgan fingerprint density at radius 3 is 2.30 bits per heavy atom. The van der Waals surface area contributed by atoms with E-state index in [2.05, 4.69) is 11.4 Å². The highest BCUT2D eigenvalue weighted by molar-refractivity contribution is 5.88. The Labute approximate surface area is 159 Å². The second-order valence-corrected chi connectivity index (χ2v) is 6.96. The Hall–Kier alpha value is -2.92. The van der Waals surface area contributed by atoms with Crippen LogP contribution in [0.1, 0.15) is 24.0 Å². The van der Waals surface area contributed by atoms with Crippen LogP contribution in [0.2, 0.25) is 0 Å². The summed E-state index contributed by atoms with van der Waals surface area (Å²) >= 11 is 0. The summed E-state index contributed by atoms with van der Waals surface area (Å²) in [5.41, 5.74) is 8.62. The van der Waals surface area contributed by atoms with Gasteiger partial charge >= 0.3 is 0 Å². The predicted molar refractivity (Wildman–Crippen MR) is 107 cm³/mol. The lowest BCUT2D eigenvalue weighted by molar-refractivity contribution is -0.132. The second-order valence-electron chi connectivity index (χ2n) is 6.96. The zero-order chi connectivity index (χ0) is 19.4. The Morgan fingerprint density at radius 2 is 1.70 bits per heavy atom. The zero-order valence-corrected chi connectivity index (χ0v) is 15.6. The highest BCUT2D eigenvalue weighted by Crippen LogP contribution is 2.31. The number of nitrogens with one attached hydrogen (secondary N) is 1. The second kappa shape index (κ2) is 8.18. The Kier molecular flexibility index (Phi) is 5.72. The summed E-state index contributed by atoms with van der Waals surface area (Å²) in [4.78, 5) is 26.4. The van der Waals surface area contributed by atoms with Gasteiger partial charge in [0.05, 0.1) is 12.1 Å². The molecule has 5 heteroatoms. The average molecular weight is 363 g/mol. The van der Waals surface area contributed by atoms with Crippen molar-refractivity contribution in [3.05, 3.63) is 77.9 Å². The van der Waals surface area contributed by atoms with Crippen molar-refractivity contribution >= 4 is 17.4 Å². The Balaban J connectivity index is 2.08. The summed E-state index contributed by atoms with van der Waals surface area (Å²) in [5, 5.41) is 3.15. The number of nitrogens with two attached hydrogens (primary N) is 1. The third-order valence-corrected chi connectivity index (χ3v) is 4.98. The molecule has 5 nitrogen and oxygen atoms in total. The van der Waals surface area contributed by atoms with Gasteiger partial charge in [0, 0.05) is 19.5 Å². The minimum atomic E-state index is -0.606. The molecule has 0 saturated heterocycles. The molecule has 0 fully saturated rings. The van der Waals surface area contributed by atoms with Crippen molar-refractivity contribution in [3.63, 3.8) is 0 Å². The van der Waals surface area contributed by atoms with Gasteiger partial charge in [-0.3, -0.25) is 14.9 Å². The van der Waals surface area contributed by atoms with Crippen molar-refractivity contribution < 1.29 is 9.59 Å². The molecule has 0 aliphatic carbocycles. The third kappa shape index (κ3) is 4.26. The van der Waals surface area contributed by atoms with Gasteiger partial charge in [-0.05, 0) is 23.6 Å². The molecule has 140 valence electrons. The maximum Gasteiger partial charge on any atom is 0.240 e. The van der Waals surface area contributed by atoms with E-state index in [-0.39, 0.29) is 11.8 Å². The van der Waals surface area contributed by atoms with Crippen molar-refractivity contribution in [2.75, 3.05) is 13.6 Å². The number of rotatable bonds is 5. The first-order chi connectivity index (χ1) is 13.0. The number of hydrogen-bond acceptors (Lipinski definition) is 3. The molecule has 2 aromatic carbocycles. The minimum Gasteiger partial charge on any atom is -0.368 e. The van der Waals surface area contributed by atoms with E-state index in [1.807, 2.05) is 60.7 Å². The molecule has 27 heavy (non-hydrogen) atoms. The summed E-state index contributed by atoms with van der Waals surface area (Å²) in [7, 11) is 1.79. The fraction of sp³-hybridized carbons (Fsp3) is 0.273. The van der Waals surface area contributed by atoms with Crippen LogP contribution in [-0.4, -0.2) is 42.4 Å². The van der Waals surface area contributed by atoms with Crippen LogP contribution < -0.4 is 11.1 Å². The number of carbonyl (C=O) groups is 2. The molecule has 2 aromatic rings. The number of likely N-dealkylation sites (N-methyl/N-ethyl adjacent to an activating group) is 1. The van der Waals surface area contributed by atoms with E-state index in [1.54, 1.807) is 18.9 Å². The van der Waals surface area contributed by atoms with Crippen LogP contribution in [-0.2, 0) is 9.59 Å². The third-order valence-electron chi connectivity index (χ3n) is 4.98. The van der Waals surface area contributed by atoms with Crippen LogP contribution in [0.25, 0.3) is 5.57 Å². The van der Waals surface area contributed by atoms with Gasteiger partial charge in [0.25, 0.3) is 0 Å². The van der Waals surface area contributed by atoms with Crippen molar-refractivity contribution in [1.29, 1.82) is 0 Å². The van der Waals surface area contributed by atoms with Gasteiger partial charge in [-0.15, -0.1) is 0 Å². The first kappa shape index (κ1) is 18.9. The molecule has 1 aliphatic rings. The molecule has 0 radical (unpaired) electrons. The first-order valence-electron chi connectivity index (χ1n) is 9.08. The van der Waals surface area contributed by atoms with E-state index in [1.165, 1.54) is 0 Å². The van der Waals surface area contributed by atoms with Gasteiger partial charge < -0.3 is 10.6 Å². The van der Waals surface area contributed by atoms with Gasteiger partial charge in [-0.2, -0.15) is 0 Å². The molecule has 1 aliphatic heterocycles. The topological polar surface area (TPSA) is 75.4 Å². The highest BCUT2D eigenvalue weighted by atomic mass is 16.2. The van der Waals surface area contributed by atoms with Crippen LogP contribution >= 0.6 is 0 Å². The van der Waals surface area contributed by atoms with Crippen LogP contribution in [0.15, 0.2) is 66.7 Å². The smallest absolute Gasteiger partial charge is 0.240 e. The van der Waals surface area contributed by atoms with E-state index in [9.17, 15) is 9.59 Å². The lowest BCUT2D eigenvalue weighted by atomic mass is 9.88. The van der Waals surface area contributed by atoms with Gasteiger partial charge in [0.2, 0.25) is 11.8 Å². The standard InChI is InChI=1S/C22H25N3O2/c1-15(21(23)26)24-20-19(17-11-7-4-8-12-17)13-18(14-25(2)22(20)27)16-9-5-3-6-10-16/h3-13,15,19-20,24H,14H2,1-2H3,(H2,23,26)/t15-,19+,20-/m0/s1. The molecule has 3 rings (SSSR count). The summed E-state index contributed by atoms with van der Waals surface area (Å²) in [6.07, 6.45) is 2.14. The molecular formula is C22H25N3O2. The molecule has 0 unspecified atom stereocenters. The lowest BCUT2D eigenvalue weighted by Gasteiger charge is -2.28. The van der Waals surface area contributed by atoms with Crippen molar-refractivity contribution in [2.24, 2.45) is 5.73 Å². The Morgan fingerprint density at radius 1 is 1.11 bits per heavy atom. The van der Waals surface area contributed by atoms with Gasteiger partial charge in [-0.1, -0.05) is 66.7 Å². The molecule has 2 amide bonds. The first-order valence-corrected chi connectivity index (χ1v) is 9.08. The Bertz CT molecular complexity index is 833. The van der Waals surface area contributed by atoms with E-state index >= 15 is 0 Å². The lowest BCUT2D eigenvalue weighted by Crippen LogP contribution is -2.53. The van der Waals surface area contributed by atoms with Gasteiger partial charge in [0.15, 0.2) is 0 Å². The number of benzene rings is 2. The van der Waals surface area contributed by atoms with Crippen LogP contribution in [0.3, 0.4) is 0 Å². The van der Waals surface area contributed by atoms with E-state index in [0.717, 1.165) is 16.7 Å². The molecule has 3 atom stereocenters. The zero-order valence-electron chi connectivity index (χ0n) is 15.6. The fourth-order valence-electron chi connectivity index (χ4n) is 3.42. The minimum absolute atomic E-state index is 0.0564. The van der Waals surface area contributed by atoms with E-state index in [4.69, 9.17) is 5.73 Å². The average Bonchev–Trinajstić information content (AvgIpc) is 2.81. The quantitative estimate of drug-likeness (QED) is 0.855. The van der Waals surface area contributed by atoms with Crippen LogP contribution in [0, 0.1) is 0 Å². The van der Waals surface area contributed by atoms with Crippen molar-refractivity contribution in [3.8, 4) is 0 Å². The molecule has 1 heterocycles. The SMILES string of the molecule is C[C@H](N[C@@H]1C(=O)N(C)CC(c2ccccc2)=C[C@@H]1c1ccccc1)C(N)=O. The van der Waals surface area contributed by atoms with Crippen molar-refractivity contribution in [2.45, 2.75) is 24.9 Å². The monoisotopic (exact) mass is 363 g/mol. The highest BCUT2D eigenvalue weighted by Gasteiger charge is 2.35. The normalized spacial score (nSPS) is 21.3. The molecule has 0 bridgehead atoms. The molecule has 0 aromatic heterocycles. The predicted octanol–water partition coefficient (Wildman–Crippen LogP) is 2.16. The summed E-state index contributed by atoms with van der Waals surface area (Å²) in [5.74, 6) is -0.742. The number of nitrogens with zero attached hydrogens (tertiary/aromatic N) is 1. The maximum atomic E-state index is 13.1. The largest absolute Gasteiger partial charge is 0.368 e. The molecule has 3 N–H and O–H groups in total. The number of primary amides is 1. The summed E-state index contributed by atoms with van der Waals surface area (Å²) in [6.45, 7) is 2.19. The number of carbonyl (C=O) groups excluding carboxylic acids is 2. The van der Waals surface area contributed by atoms with E-state index < -0.39 is 18.0 Å². The number of hydrogen-bond donors (Lipinski definition) is 2. The summed E-state index contributed by atoms with van der Waals surface area (Å²) < 4.78 is 0. The van der Waals surface area contributed by atoms with Crippen molar-refractivity contribution in [1.82, 2.24) is 10.2 Å². The molecule has 0 spiro atoms. The van der Waals surface area contributed by atoms with Gasteiger partial charge in [0.1, 0.15) is 0 Å². The van der Waals surface area contributed by atoms with E-state index in [0.29, 0.717) is 6.54 Å². The van der Waals surface area contributed by atoms with Crippen LogP contribution in [0.5, 0.6) is 0 Å². The maximum absolute atomic E-state index is 13.1. The molecular weight excluding hydrogens is 338 g/mol. The van der Waals surface area contributed by atoms with Gasteiger partial charge in [-0.25, -0.2) is 0 Å².